The Morgan fingerprint density at radius 2 is 2.00 bits per heavy atom. The highest BCUT2D eigenvalue weighted by Crippen LogP contribution is 2.18. The van der Waals surface area contributed by atoms with E-state index in [4.69, 9.17) is 9.15 Å². The number of oxazole rings is 1. The van der Waals surface area contributed by atoms with Crippen LogP contribution >= 0.6 is 0 Å². The minimum absolute atomic E-state index is 0.0372. The Balaban J connectivity index is 1.26. The molecule has 0 bridgehead atoms. The van der Waals surface area contributed by atoms with Crippen molar-refractivity contribution < 1.29 is 13.9 Å². The predicted octanol–water partition coefficient (Wildman–Crippen LogP) is 3.17. The van der Waals surface area contributed by atoms with E-state index in [1.165, 1.54) is 0 Å². The highest BCUT2D eigenvalue weighted by atomic mass is 16.5. The first-order chi connectivity index (χ1) is 14.1. The summed E-state index contributed by atoms with van der Waals surface area (Å²) >= 11 is 0. The number of benzene rings is 2. The van der Waals surface area contributed by atoms with Gasteiger partial charge < -0.3 is 19.4 Å². The standard InChI is InChI=1S/C22H26N4O3/c1-16-6-7-19-20(12-16)29-21(24-19)15-25-8-10-26(11-9-25)22(27)23-14-17-4-3-5-18(13-17)28-2/h3-7,12-13H,8-11,14-15H2,1-2H3,(H,23,27). The van der Waals surface area contributed by atoms with Crippen molar-refractivity contribution in [3.05, 3.63) is 59.5 Å². The smallest absolute Gasteiger partial charge is 0.317 e. The summed E-state index contributed by atoms with van der Waals surface area (Å²) in [5.41, 5.74) is 3.90. The number of aryl methyl sites for hydroxylation is 1. The summed E-state index contributed by atoms with van der Waals surface area (Å²) in [5, 5.41) is 2.99. The van der Waals surface area contributed by atoms with Gasteiger partial charge in [-0.15, -0.1) is 0 Å². The van der Waals surface area contributed by atoms with Crippen LogP contribution in [-0.2, 0) is 13.1 Å². The summed E-state index contributed by atoms with van der Waals surface area (Å²) in [4.78, 5) is 21.2. The SMILES string of the molecule is COc1cccc(CNC(=O)N2CCN(Cc3nc4ccc(C)cc4o3)CC2)c1. The van der Waals surface area contributed by atoms with Crippen LogP contribution in [0.4, 0.5) is 4.79 Å². The molecule has 1 aromatic heterocycles. The lowest BCUT2D eigenvalue weighted by atomic mass is 10.2. The van der Waals surface area contributed by atoms with Gasteiger partial charge in [-0.2, -0.15) is 0 Å². The molecular weight excluding hydrogens is 368 g/mol. The summed E-state index contributed by atoms with van der Waals surface area (Å²) < 4.78 is 11.1. The number of rotatable bonds is 5. The molecule has 1 saturated heterocycles. The van der Waals surface area contributed by atoms with E-state index in [0.29, 0.717) is 26.2 Å². The van der Waals surface area contributed by atoms with Crippen LogP contribution in [0.15, 0.2) is 46.9 Å². The molecule has 7 nitrogen and oxygen atoms in total. The van der Waals surface area contributed by atoms with Gasteiger partial charge in [0.25, 0.3) is 0 Å². The molecule has 0 atom stereocenters. The van der Waals surface area contributed by atoms with Crippen molar-refractivity contribution in [1.82, 2.24) is 20.1 Å². The number of carbonyl (C=O) groups is 1. The lowest BCUT2D eigenvalue weighted by molar-refractivity contribution is 0.129. The molecule has 0 saturated carbocycles. The fourth-order valence-electron chi connectivity index (χ4n) is 3.52. The van der Waals surface area contributed by atoms with E-state index in [2.05, 4.69) is 15.2 Å². The Bertz CT molecular complexity index is 993. The van der Waals surface area contributed by atoms with Crippen molar-refractivity contribution in [1.29, 1.82) is 0 Å². The number of amides is 2. The Hall–Kier alpha value is -3.06. The van der Waals surface area contributed by atoms with E-state index in [1.807, 2.05) is 54.3 Å². The summed E-state index contributed by atoms with van der Waals surface area (Å²) in [5.74, 6) is 1.52. The number of urea groups is 1. The van der Waals surface area contributed by atoms with E-state index in [0.717, 1.165) is 47.0 Å². The number of carbonyl (C=O) groups excluding carboxylic acids is 1. The fraction of sp³-hybridized carbons (Fsp3) is 0.364. The normalized spacial score (nSPS) is 14.9. The maximum atomic E-state index is 12.5. The first kappa shape index (κ1) is 19.3. The number of nitrogens with zero attached hydrogens (tertiary/aromatic N) is 3. The van der Waals surface area contributed by atoms with Gasteiger partial charge in [-0.3, -0.25) is 4.90 Å². The van der Waals surface area contributed by atoms with E-state index in [-0.39, 0.29) is 6.03 Å². The van der Waals surface area contributed by atoms with Crippen LogP contribution in [-0.4, -0.2) is 54.1 Å². The van der Waals surface area contributed by atoms with Gasteiger partial charge >= 0.3 is 6.03 Å². The maximum absolute atomic E-state index is 12.5. The molecule has 2 aromatic carbocycles. The third-order valence-electron chi connectivity index (χ3n) is 5.18. The van der Waals surface area contributed by atoms with E-state index in [9.17, 15) is 4.79 Å². The average molecular weight is 394 g/mol. The van der Waals surface area contributed by atoms with E-state index < -0.39 is 0 Å². The lowest BCUT2D eigenvalue weighted by Gasteiger charge is -2.34. The van der Waals surface area contributed by atoms with Gasteiger partial charge in [0, 0.05) is 32.7 Å². The average Bonchev–Trinajstić information content (AvgIpc) is 3.14. The van der Waals surface area contributed by atoms with Crippen LogP contribution in [0.2, 0.25) is 0 Å². The molecule has 2 amide bonds. The van der Waals surface area contributed by atoms with Gasteiger partial charge in [-0.05, 0) is 42.3 Å². The Kier molecular flexibility index (Phi) is 5.67. The largest absolute Gasteiger partial charge is 0.497 e. The minimum Gasteiger partial charge on any atom is -0.497 e. The van der Waals surface area contributed by atoms with Gasteiger partial charge in [0.1, 0.15) is 11.3 Å². The molecule has 2 heterocycles. The highest BCUT2D eigenvalue weighted by molar-refractivity contribution is 5.74. The number of ether oxygens (including phenoxy) is 1. The second kappa shape index (κ2) is 8.53. The van der Waals surface area contributed by atoms with Crippen molar-refractivity contribution >= 4 is 17.1 Å². The third kappa shape index (κ3) is 4.68. The molecule has 1 fully saturated rings. The second-order valence-corrected chi connectivity index (χ2v) is 7.35. The van der Waals surface area contributed by atoms with Crippen LogP contribution in [0.5, 0.6) is 5.75 Å². The molecule has 152 valence electrons. The molecule has 0 unspecified atom stereocenters. The first-order valence-electron chi connectivity index (χ1n) is 9.85. The molecule has 1 N–H and O–H groups in total. The topological polar surface area (TPSA) is 70.8 Å². The van der Waals surface area contributed by atoms with Crippen LogP contribution in [0.1, 0.15) is 17.0 Å². The quantitative estimate of drug-likeness (QED) is 0.720. The van der Waals surface area contributed by atoms with Crippen LogP contribution in [0.3, 0.4) is 0 Å². The van der Waals surface area contributed by atoms with Gasteiger partial charge in [-0.25, -0.2) is 9.78 Å². The summed E-state index contributed by atoms with van der Waals surface area (Å²) in [6, 6.07) is 13.7. The number of fused-ring (bicyclic) bond motifs is 1. The van der Waals surface area contributed by atoms with Crippen molar-refractivity contribution in [2.45, 2.75) is 20.0 Å². The molecule has 4 rings (SSSR count). The van der Waals surface area contributed by atoms with Gasteiger partial charge in [0.2, 0.25) is 5.89 Å². The second-order valence-electron chi connectivity index (χ2n) is 7.35. The number of nitrogens with one attached hydrogen (secondary N) is 1. The van der Waals surface area contributed by atoms with E-state index >= 15 is 0 Å². The van der Waals surface area contributed by atoms with Crippen LogP contribution in [0.25, 0.3) is 11.1 Å². The minimum atomic E-state index is -0.0372. The van der Waals surface area contributed by atoms with Gasteiger partial charge in [-0.1, -0.05) is 18.2 Å². The molecular formula is C22H26N4O3. The van der Waals surface area contributed by atoms with E-state index in [1.54, 1.807) is 7.11 Å². The van der Waals surface area contributed by atoms with Crippen molar-refractivity contribution in [2.24, 2.45) is 0 Å². The predicted molar refractivity (Wildman–Crippen MR) is 111 cm³/mol. The van der Waals surface area contributed by atoms with Crippen LogP contribution in [0, 0.1) is 6.92 Å². The molecule has 3 aromatic rings. The summed E-state index contributed by atoms with van der Waals surface area (Å²) in [6.45, 7) is 6.15. The monoisotopic (exact) mass is 394 g/mol. The zero-order valence-corrected chi connectivity index (χ0v) is 16.9. The molecule has 7 heteroatoms. The molecule has 29 heavy (non-hydrogen) atoms. The highest BCUT2D eigenvalue weighted by Gasteiger charge is 2.22. The zero-order valence-electron chi connectivity index (χ0n) is 16.9. The molecule has 1 aliphatic rings. The summed E-state index contributed by atoms with van der Waals surface area (Å²) in [6.07, 6.45) is 0. The number of hydrogen-bond acceptors (Lipinski definition) is 5. The first-order valence-corrected chi connectivity index (χ1v) is 9.85. The Morgan fingerprint density at radius 3 is 2.79 bits per heavy atom. The molecule has 0 radical (unpaired) electrons. The Labute approximate surface area is 170 Å². The van der Waals surface area contributed by atoms with Gasteiger partial charge in [0.15, 0.2) is 5.58 Å². The van der Waals surface area contributed by atoms with Crippen molar-refractivity contribution in [3.63, 3.8) is 0 Å². The lowest BCUT2D eigenvalue weighted by Crippen LogP contribution is -2.51. The molecule has 0 aliphatic carbocycles. The van der Waals surface area contributed by atoms with Crippen LogP contribution < -0.4 is 10.1 Å². The van der Waals surface area contributed by atoms with Gasteiger partial charge in [0.05, 0.1) is 13.7 Å². The number of methoxy groups -OCH3 is 1. The zero-order chi connectivity index (χ0) is 20.2. The van der Waals surface area contributed by atoms with Crippen molar-refractivity contribution in [2.75, 3.05) is 33.3 Å². The number of hydrogen-bond donors (Lipinski definition) is 1. The fourth-order valence-corrected chi connectivity index (χ4v) is 3.52. The molecule has 0 spiro atoms. The summed E-state index contributed by atoms with van der Waals surface area (Å²) in [7, 11) is 1.64. The third-order valence-corrected chi connectivity index (χ3v) is 5.18. The number of piperazine rings is 1. The van der Waals surface area contributed by atoms with Crippen molar-refractivity contribution in [3.8, 4) is 5.75 Å². The number of aromatic nitrogens is 1. The maximum Gasteiger partial charge on any atom is 0.317 e. The molecule has 1 aliphatic heterocycles. The Morgan fingerprint density at radius 1 is 1.17 bits per heavy atom.